The number of benzene rings is 1. The molecule has 1 aromatic carbocycles. The quantitative estimate of drug-likeness (QED) is 0.824. The predicted octanol–water partition coefficient (Wildman–Crippen LogP) is 2.43. The van der Waals surface area contributed by atoms with Crippen LogP contribution in [-0.4, -0.2) is 29.7 Å². The average Bonchev–Trinajstić information content (AvgIpc) is 3.13. The Kier molecular flexibility index (Phi) is 2.74. The van der Waals surface area contributed by atoms with E-state index >= 15 is 0 Å². The van der Waals surface area contributed by atoms with Crippen LogP contribution in [0.5, 0.6) is 5.75 Å². The summed E-state index contributed by atoms with van der Waals surface area (Å²) in [7, 11) is 1.67. The Balaban J connectivity index is 1.84. The fraction of sp³-hybridized carbons (Fsp3) is 0.462. The van der Waals surface area contributed by atoms with Gasteiger partial charge in [0, 0.05) is 6.04 Å². The molecule has 0 spiro atoms. The molecule has 0 bridgehead atoms. The third-order valence-electron chi connectivity index (χ3n) is 3.25. The Labute approximate surface area is 105 Å². The molecular weight excluding hydrogens is 234 g/mol. The highest BCUT2D eigenvalue weighted by molar-refractivity contribution is 8.00. The van der Waals surface area contributed by atoms with E-state index < -0.39 is 0 Å². The third-order valence-corrected chi connectivity index (χ3v) is 4.48. The van der Waals surface area contributed by atoms with Gasteiger partial charge in [-0.2, -0.15) is 0 Å². The van der Waals surface area contributed by atoms with Gasteiger partial charge in [0.25, 0.3) is 0 Å². The van der Waals surface area contributed by atoms with Crippen molar-refractivity contribution in [2.24, 2.45) is 0 Å². The van der Waals surface area contributed by atoms with Crippen molar-refractivity contribution in [2.45, 2.75) is 24.3 Å². The lowest BCUT2D eigenvalue weighted by molar-refractivity contribution is -0.128. The zero-order chi connectivity index (χ0) is 11.8. The molecule has 90 valence electrons. The largest absolute Gasteiger partial charge is 0.497 e. The van der Waals surface area contributed by atoms with E-state index in [4.69, 9.17) is 4.74 Å². The fourth-order valence-corrected chi connectivity index (χ4v) is 3.46. The zero-order valence-corrected chi connectivity index (χ0v) is 10.6. The highest BCUT2D eigenvalue weighted by atomic mass is 32.2. The molecule has 3 rings (SSSR count). The topological polar surface area (TPSA) is 29.5 Å². The van der Waals surface area contributed by atoms with Gasteiger partial charge in [0.15, 0.2) is 0 Å². The van der Waals surface area contributed by atoms with Gasteiger partial charge in [0.05, 0.1) is 12.9 Å². The molecule has 1 amide bonds. The van der Waals surface area contributed by atoms with E-state index in [0.717, 1.165) is 5.75 Å². The van der Waals surface area contributed by atoms with E-state index in [9.17, 15) is 4.79 Å². The minimum atomic E-state index is 0.209. The molecule has 17 heavy (non-hydrogen) atoms. The van der Waals surface area contributed by atoms with Crippen LogP contribution < -0.4 is 4.74 Å². The molecule has 2 fully saturated rings. The van der Waals surface area contributed by atoms with Gasteiger partial charge in [0.1, 0.15) is 11.1 Å². The summed E-state index contributed by atoms with van der Waals surface area (Å²) in [6.07, 6.45) is 2.33. The minimum Gasteiger partial charge on any atom is -0.497 e. The molecule has 1 aromatic rings. The smallest absolute Gasteiger partial charge is 0.234 e. The SMILES string of the molecule is COc1ccc([C@@H]2SCC(=O)N2C2CC2)cc1. The Morgan fingerprint density at radius 2 is 2.00 bits per heavy atom. The van der Waals surface area contributed by atoms with Gasteiger partial charge < -0.3 is 9.64 Å². The summed E-state index contributed by atoms with van der Waals surface area (Å²) in [6, 6.07) is 8.53. The maximum Gasteiger partial charge on any atom is 0.234 e. The second-order valence-corrected chi connectivity index (χ2v) is 5.54. The number of amides is 1. The van der Waals surface area contributed by atoms with Crippen molar-refractivity contribution in [3.63, 3.8) is 0 Å². The van der Waals surface area contributed by atoms with Crippen molar-refractivity contribution in [3.8, 4) is 5.75 Å². The first-order valence-corrected chi connectivity index (χ1v) is 6.91. The first-order valence-electron chi connectivity index (χ1n) is 5.86. The highest BCUT2D eigenvalue weighted by Gasteiger charge is 2.42. The van der Waals surface area contributed by atoms with Crippen LogP contribution in [0.2, 0.25) is 0 Å². The molecule has 0 radical (unpaired) electrons. The fourth-order valence-electron chi connectivity index (χ4n) is 2.21. The lowest BCUT2D eigenvalue weighted by Crippen LogP contribution is -2.30. The molecule has 1 atom stereocenters. The van der Waals surface area contributed by atoms with Gasteiger partial charge in [-0.3, -0.25) is 4.79 Å². The maximum absolute atomic E-state index is 11.8. The molecule has 0 unspecified atom stereocenters. The lowest BCUT2D eigenvalue weighted by Gasteiger charge is -2.24. The number of nitrogens with zero attached hydrogens (tertiary/aromatic N) is 1. The Hall–Kier alpha value is -1.16. The van der Waals surface area contributed by atoms with Gasteiger partial charge >= 0.3 is 0 Å². The second kappa shape index (κ2) is 4.26. The van der Waals surface area contributed by atoms with Crippen LogP contribution in [0.1, 0.15) is 23.8 Å². The number of ether oxygens (including phenoxy) is 1. The summed E-state index contributed by atoms with van der Waals surface area (Å²) in [5.41, 5.74) is 1.20. The molecule has 0 aromatic heterocycles. The number of thioether (sulfide) groups is 1. The monoisotopic (exact) mass is 249 g/mol. The van der Waals surface area contributed by atoms with Gasteiger partial charge in [-0.15, -0.1) is 11.8 Å². The number of methoxy groups -OCH3 is 1. The highest BCUT2D eigenvalue weighted by Crippen LogP contribution is 2.45. The summed E-state index contributed by atoms with van der Waals surface area (Å²) in [5.74, 6) is 1.77. The zero-order valence-electron chi connectivity index (χ0n) is 9.76. The summed E-state index contributed by atoms with van der Waals surface area (Å²) >= 11 is 1.73. The summed E-state index contributed by atoms with van der Waals surface area (Å²) in [6.45, 7) is 0. The first kappa shape index (κ1) is 11.0. The Morgan fingerprint density at radius 1 is 1.29 bits per heavy atom. The molecule has 1 saturated heterocycles. The van der Waals surface area contributed by atoms with Crippen molar-refractivity contribution < 1.29 is 9.53 Å². The van der Waals surface area contributed by atoms with Crippen LogP contribution in [0.3, 0.4) is 0 Å². The third kappa shape index (κ3) is 2.02. The van der Waals surface area contributed by atoms with E-state index in [1.807, 2.05) is 12.1 Å². The second-order valence-electron chi connectivity index (χ2n) is 4.47. The summed E-state index contributed by atoms with van der Waals surface area (Å²) in [4.78, 5) is 13.9. The van der Waals surface area contributed by atoms with Gasteiger partial charge in [0.2, 0.25) is 5.91 Å². The molecule has 3 nitrogen and oxygen atoms in total. The maximum atomic E-state index is 11.8. The van der Waals surface area contributed by atoms with Crippen LogP contribution >= 0.6 is 11.8 Å². The standard InChI is InChI=1S/C13H15NO2S/c1-16-11-6-2-9(3-7-11)13-14(10-4-5-10)12(15)8-17-13/h2-3,6-7,10,13H,4-5,8H2,1H3/t13-/m0/s1. The van der Waals surface area contributed by atoms with Gasteiger partial charge in [-0.05, 0) is 30.5 Å². The first-order chi connectivity index (χ1) is 8.29. The van der Waals surface area contributed by atoms with Crippen molar-refractivity contribution in [2.75, 3.05) is 12.9 Å². The molecule has 1 saturated carbocycles. The van der Waals surface area contributed by atoms with E-state index in [1.54, 1.807) is 18.9 Å². The van der Waals surface area contributed by atoms with Crippen molar-refractivity contribution >= 4 is 17.7 Å². The lowest BCUT2D eigenvalue weighted by atomic mass is 10.2. The van der Waals surface area contributed by atoms with Crippen LogP contribution in [0, 0.1) is 0 Å². The van der Waals surface area contributed by atoms with Crippen LogP contribution in [0.4, 0.5) is 0 Å². The number of carbonyl (C=O) groups is 1. The number of hydrogen-bond acceptors (Lipinski definition) is 3. The normalized spacial score (nSPS) is 24.2. The Morgan fingerprint density at radius 3 is 2.59 bits per heavy atom. The van der Waals surface area contributed by atoms with Crippen LogP contribution in [0.15, 0.2) is 24.3 Å². The van der Waals surface area contributed by atoms with Crippen molar-refractivity contribution in [1.29, 1.82) is 0 Å². The molecule has 1 aliphatic carbocycles. The van der Waals surface area contributed by atoms with Crippen LogP contribution in [-0.2, 0) is 4.79 Å². The molecule has 1 heterocycles. The summed E-state index contributed by atoms with van der Waals surface area (Å²) < 4.78 is 5.15. The van der Waals surface area contributed by atoms with Crippen LogP contribution in [0.25, 0.3) is 0 Å². The van der Waals surface area contributed by atoms with Gasteiger partial charge in [-0.1, -0.05) is 12.1 Å². The number of rotatable bonds is 3. The molecule has 4 heteroatoms. The number of carbonyl (C=O) groups excluding carboxylic acids is 1. The van der Waals surface area contributed by atoms with E-state index in [2.05, 4.69) is 17.0 Å². The van der Waals surface area contributed by atoms with E-state index in [-0.39, 0.29) is 5.37 Å². The van der Waals surface area contributed by atoms with E-state index in [1.165, 1.54) is 18.4 Å². The predicted molar refractivity (Wildman–Crippen MR) is 68.1 cm³/mol. The van der Waals surface area contributed by atoms with E-state index in [0.29, 0.717) is 17.7 Å². The summed E-state index contributed by atoms with van der Waals surface area (Å²) in [5, 5.41) is 0.209. The average molecular weight is 249 g/mol. The van der Waals surface area contributed by atoms with Crippen molar-refractivity contribution in [1.82, 2.24) is 4.90 Å². The Bertz CT molecular complexity index is 428. The van der Waals surface area contributed by atoms with Crippen molar-refractivity contribution in [3.05, 3.63) is 29.8 Å². The molecular formula is C13H15NO2S. The minimum absolute atomic E-state index is 0.209. The molecule has 0 N–H and O–H groups in total. The number of hydrogen-bond donors (Lipinski definition) is 0. The van der Waals surface area contributed by atoms with Gasteiger partial charge in [-0.25, -0.2) is 0 Å². The molecule has 2 aliphatic rings. The molecule has 1 aliphatic heterocycles.